The van der Waals surface area contributed by atoms with Crippen LogP contribution in [0.1, 0.15) is 97.3 Å². The van der Waals surface area contributed by atoms with Crippen molar-refractivity contribution in [3.8, 4) is 0 Å². The highest BCUT2D eigenvalue weighted by Crippen LogP contribution is 2.20. The van der Waals surface area contributed by atoms with E-state index in [-0.39, 0.29) is 17.8 Å². The number of amides is 1. The zero-order valence-electron chi connectivity index (χ0n) is 16.6. The van der Waals surface area contributed by atoms with Crippen molar-refractivity contribution in [2.45, 2.75) is 97.3 Å². The second-order valence-electron chi connectivity index (χ2n) is 7.44. The van der Waals surface area contributed by atoms with Crippen LogP contribution in [0.4, 0.5) is 0 Å². The van der Waals surface area contributed by atoms with Gasteiger partial charge in [-0.1, -0.05) is 78.1 Å². The van der Waals surface area contributed by atoms with Gasteiger partial charge in [-0.3, -0.25) is 9.59 Å². The van der Waals surface area contributed by atoms with Crippen LogP contribution >= 0.6 is 0 Å². The van der Waals surface area contributed by atoms with Gasteiger partial charge >= 0.3 is 5.97 Å². The number of likely N-dealkylation sites (tertiary alicyclic amines) is 1. The van der Waals surface area contributed by atoms with Crippen molar-refractivity contribution in [1.29, 1.82) is 0 Å². The summed E-state index contributed by atoms with van der Waals surface area (Å²) in [4.78, 5) is 25.8. The third-order valence-electron chi connectivity index (χ3n) is 5.07. The van der Waals surface area contributed by atoms with Gasteiger partial charge in [-0.2, -0.15) is 0 Å². The van der Waals surface area contributed by atoms with Gasteiger partial charge in [-0.05, 0) is 12.8 Å². The third-order valence-corrected chi connectivity index (χ3v) is 5.07. The lowest BCUT2D eigenvalue weighted by Gasteiger charge is -2.16. The summed E-state index contributed by atoms with van der Waals surface area (Å²) in [5.41, 5.74) is 0. The molecule has 4 nitrogen and oxygen atoms in total. The number of carbonyl (C=O) groups excluding carboxylic acids is 2. The maximum atomic E-state index is 12.0. The standard InChI is InChI=1S/C21H39NO3/c1-3-5-7-8-9-10-11-12-13-14-15-22-18-19(17-20(22)23)21(24)25-16-6-4-2/h19H,3-18H2,1-2H3. The van der Waals surface area contributed by atoms with Crippen molar-refractivity contribution in [2.75, 3.05) is 19.7 Å². The predicted molar refractivity (Wildman–Crippen MR) is 102 cm³/mol. The number of hydrogen-bond acceptors (Lipinski definition) is 3. The molecule has 0 radical (unpaired) electrons. The zero-order chi connectivity index (χ0) is 18.3. The van der Waals surface area contributed by atoms with Crippen LogP contribution in [0.15, 0.2) is 0 Å². The molecule has 0 bridgehead atoms. The van der Waals surface area contributed by atoms with Crippen LogP contribution in [-0.4, -0.2) is 36.5 Å². The Balaban J connectivity index is 2.02. The number of nitrogens with zero attached hydrogens (tertiary/aromatic N) is 1. The van der Waals surface area contributed by atoms with Gasteiger partial charge in [-0.15, -0.1) is 0 Å². The van der Waals surface area contributed by atoms with E-state index < -0.39 is 0 Å². The van der Waals surface area contributed by atoms with E-state index in [2.05, 4.69) is 13.8 Å². The Morgan fingerprint density at radius 3 is 2.08 bits per heavy atom. The van der Waals surface area contributed by atoms with E-state index in [1.807, 2.05) is 4.90 Å². The van der Waals surface area contributed by atoms with Crippen LogP contribution in [0.25, 0.3) is 0 Å². The predicted octanol–water partition coefficient (Wildman–Crippen LogP) is 5.10. The minimum absolute atomic E-state index is 0.119. The van der Waals surface area contributed by atoms with Crippen molar-refractivity contribution >= 4 is 11.9 Å². The van der Waals surface area contributed by atoms with E-state index in [0.717, 1.165) is 25.8 Å². The maximum absolute atomic E-state index is 12.0. The Labute approximate surface area is 154 Å². The summed E-state index contributed by atoms with van der Waals surface area (Å²) in [6, 6.07) is 0. The second-order valence-corrected chi connectivity index (χ2v) is 7.44. The van der Waals surface area contributed by atoms with Crippen LogP contribution in [0.3, 0.4) is 0 Å². The monoisotopic (exact) mass is 353 g/mol. The molecule has 1 atom stereocenters. The number of ether oxygens (including phenoxy) is 1. The molecule has 1 fully saturated rings. The van der Waals surface area contributed by atoms with E-state index in [4.69, 9.17) is 4.74 Å². The molecule has 0 N–H and O–H groups in total. The number of esters is 1. The van der Waals surface area contributed by atoms with Gasteiger partial charge in [-0.25, -0.2) is 0 Å². The first-order valence-electron chi connectivity index (χ1n) is 10.6. The summed E-state index contributed by atoms with van der Waals surface area (Å²) in [6.45, 7) is 6.16. The minimum atomic E-state index is -0.243. The quantitative estimate of drug-likeness (QED) is 0.304. The Bertz CT molecular complexity index is 370. The van der Waals surface area contributed by atoms with Crippen LogP contribution in [0.2, 0.25) is 0 Å². The molecule has 1 saturated heterocycles. The lowest BCUT2D eigenvalue weighted by molar-refractivity contribution is -0.148. The number of rotatable bonds is 15. The molecule has 0 aromatic rings. The third kappa shape index (κ3) is 9.86. The lowest BCUT2D eigenvalue weighted by atomic mass is 10.1. The van der Waals surface area contributed by atoms with Gasteiger partial charge < -0.3 is 9.64 Å². The van der Waals surface area contributed by atoms with Gasteiger partial charge in [0.25, 0.3) is 0 Å². The number of unbranched alkanes of at least 4 members (excludes halogenated alkanes) is 10. The molecule has 1 aliphatic heterocycles. The highest BCUT2D eigenvalue weighted by atomic mass is 16.5. The normalized spacial score (nSPS) is 17.3. The average Bonchev–Trinajstić information content (AvgIpc) is 2.98. The summed E-state index contributed by atoms with van der Waals surface area (Å²) in [5.74, 6) is -0.312. The highest BCUT2D eigenvalue weighted by Gasteiger charge is 2.34. The fourth-order valence-corrected chi connectivity index (χ4v) is 3.37. The molecule has 0 spiro atoms. The highest BCUT2D eigenvalue weighted by molar-refractivity contribution is 5.86. The first-order valence-corrected chi connectivity index (χ1v) is 10.6. The van der Waals surface area contributed by atoms with E-state index >= 15 is 0 Å². The Kier molecular flexibility index (Phi) is 12.4. The first-order chi connectivity index (χ1) is 12.2. The van der Waals surface area contributed by atoms with Crippen molar-refractivity contribution in [2.24, 2.45) is 5.92 Å². The lowest BCUT2D eigenvalue weighted by Crippen LogP contribution is -2.27. The van der Waals surface area contributed by atoms with Gasteiger partial charge in [0.15, 0.2) is 0 Å². The molecule has 25 heavy (non-hydrogen) atoms. The molecule has 1 heterocycles. The Morgan fingerprint density at radius 1 is 0.920 bits per heavy atom. The fraction of sp³-hybridized carbons (Fsp3) is 0.905. The summed E-state index contributed by atoms with van der Waals surface area (Å²) in [7, 11) is 0. The van der Waals surface area contributed by atoms with Gasteiger partial charge in [0.2, 0.25) is 5.91 Å². The Morgan fingerprint density at radius 2 is 1.48 bits per heavy atom. The van der Waals surface area contributed by atoms with E-state index in [9.17, 15) is 9.59 Å². The van der Waals surface area contributed by atoms with Gasteiger partial charge in [0.05, 0.1) is 12.5 Å². The smallest absolute Gasteiger partial charge is 0.311 e. The number of carbonyl (C=O) groups is 2. The number of hydrogen-bond donors (Lipinski definition) is 0. The maximum Gasteiger partial charge on any atom is 0.311 e. The molecule has 4 heteroatoms. The topological polar surface area (TPSA) is 46.6 Å². The first kappa shape index (κ1) is 22.0. The largest absolute Gasteiger partial charge is 0.465 e. The molecule has 0 aromatic carbocycles. The van der Waals surface area contributed by atoms with Crippen molar-refractivity contribution in [3.63, 3.8) is 0 Å². The molecule has 0 aliphatic carbocycles. The molecule has 1 amide bonds. The van der Waals surface area contributed by atoms with E-state index in [0.29, 0.717) is 19.6 Å². The molecule has 1 unspecified atom stereocenters. The molecular weight excluding hydrogens is 314 g/mol. The summed E-state index contributed by atoms with van der Waals surface area (Å²) in [5, 5.41) is 0. The molecule has 0 saturated carbocycles. The summed E-state index contributed by atoms with van der Waals surface area (Å²) < 4.78 is 5.25. The molecule has 146 valence electrons. The van der Waals surface area contributed by atoms with Crippen LogP contribution in [0.5, 0.6) is 0 Å². The Hall–Kier alpha value is -1.06. The fourth-order valence-electron chi connectivity index (χ4n) is 3.37. The zero-order valence-corrected chi connectivity index (χ0v) is 16.6. The second kappa shape index (κ2) is 14.1. The van der Waals surface area contributed by atoms with E-state index in [1.165, 1.54) is 57.8 Å². The van der Waals surface area contributed by atoms with Crippen LogP contribution in [0, 0.1) is 5.92 Å². The van der Waals surface area contributed by atoms with Crippen LogP contribution in [-0.2, 0) is 14.3 Å². The van der Waals surface area contributed by atoms with Crippen LogP contribution < -0.4 is 0 Å². The van der Waals surface area contributed by atoms with Gasteiger partial charge in [0.1, 0.15) is 0 Å². The van der Waals surface area contributed by atoms with E-state index in [1.54, 1.807) is 0 Å². The SMILES string of the molecule is CCCCCCCCCCCCN1CC(C(=O)OCCCC)CC1=O. The summed E-state index contributed by atoms with van der Waals surface area (Å²) >= 11 is 0. The minimum Gasteiger partial charge on any atom is -0.465 e. The summed E-state index contributed by atoms with van der Waals surface area (Å²) in [6.07, 6.45) is 15.2. The molecule has 1 aliphatic rings. The van der Waals surface area contributed by atoms with Crippen molar-refractivity contribution < 1.29 is 14.3 Å². The van der Waals surface area contributed by atoms with Crippen molar-refractivity contribution in [3.05, 3.63) is 0 Å². The molecular formula is C21H39NO3. The van der Waals surface area contributed by atoms with Crippen molar-refractivity contribution in [1.82, 2.24) is 4.90 Å². The molecule has 1 rings (SSSR count). The van der Waals surface area contributed by atoms with Gasteiger partial charge in [0, 0.05) is 19.5 Å². The average molecular weight is 354 g/mol. The molecule has 0 aromatic heterocycles.